The number of thiazole rings is 1. The zero-order chi connectivity index (χ0) is 21.5. The summed E-state index contributed by atoms with van der Waals surface area (Å²) in [5, 5.41) is 2.91. The summed E-state index contributed by atoms with van der Waals surface area (Å²) in [5.41, 5.74) is 0.176. The molecule has 0 saturated carbocycles. The Hall–Kier alpha value is -2.00. The van der Waals surface area contributed by atoms with Crippen LogP contribution in [-0.4, -0.2) is 19.0 Å². The van der Waals surface area contributed by atoms with Gasteiger partial charge in [-0.1, -0.05) is 29.3 Å². The molecule has 6 nitrogen and oxygen atoms in total. The zero-order valence-electron chi connectivity index (χ0n) is 16.1. The van der Waals surface area contributed by atoms with Crippen LogP contribution in [0.3, 0.4) is 0 Å². The lowest BCUT2D eigenvalue weighted by atomic mass is 9.91. The SMILES string of the molecule is CC1(C)CC(Oc2ccc(Cl)cc2Cl)c2ccc(S(=O)(=O)Nc3nccs3)cc2O1. The van der Waals surface area contributed by atoms with Gasteiger partial charge >= 0.3 is 0 Å². The van der Waals surface area contributed by atoms with Gasteiger partial charge in [-0.15, -0.1) is 11.3 Å². The molecule has 0 fully saturated rings. The number of sulfonamides is 1. The summed E-state index contributed by atoms with van der Waals surface area (Å²) < 4.78 is 40.2. The Balaban J connectivity index is 1.67. The summed E-state index contributed by atoms with van der Waals surface area (Å²) in [5.74, 6) is 0.945. The lowest BCUT2D eigenvalue weighted by Crippen LogP contribution is -2.36. The van der Waals surface area contributed by atoms with Crippen LogP contribution in [0.1, 0.15) is 31.9 Å². The molecule has 0 radical (unpaired) electrons. The molecule has 0 saturated heterocycles. The highest BCUT2D eigenvalue weighted by atomic mass is 35.5. The minimum atomic E-state index is -3.80. The molecule has 0 aliphatic carbocycles. The number of benzene rings is 2. The van der Waals surface area contributed by atoms with Crippen molar-refractivity contribution in [2.45, 2.75) is 36.9 Å². The molecule has 1 N–H and O–H groups in total. The quantitative estimate of drug-likeness (QED) is 0.485. The average Bonchev–Trinajstić information content (AvgIpc) is 3.15. The number of rotatable bonds is 5. The van der Waals surface area contributed by atoms with Crippen LogP contribution >= 0.6 is 34.5 Å². The third-order valence-electron chi connectivity index (χ3n) is 4.52. The minimum absolute atomic E-state index is 0.0809. The van der Waals surface area contributed by atoms with Crippen LogP contribution in [-0.2, 0) is 10.0 Å². The fraction of sp³-hybridized carbons (Fsp3) is 0.250. The molecule has 0 spiro atoms. The number of aromatic nitrogens is 1. The molecule has 1 aromatic heterocycles. The van der Waals surface area contributed by atoms with Crippen molar-refractivity contribution in [2.75, 3.05) is 4.72 Å². The number of hydrogen-bond donors (Lipinski definition) is 1. The third-order valence-corrected chi connectivity index (χ3v) is 7.21. The molecule has 0 bridgehead atoms. The molecule has 1 aliphatic rings. The Kier molecular flexibility index (Phi) is 5.61. The summed E-state index contributed by atoms with van der Waals surface area (Å²) >= 11 is 13.4. The Bertz CT molecular complexity index is 1180. The smallest absolute Gasteiger partial charge is 0.263 e. The van der Waals surface area contributed by atoms with Crippen molar-refractivity contribution in [3.63, 3.8) is 0 Å². The van der Waals surface area contributed by atoms with E-state index in [0.29, 0.717) is 33.1 Å². The average molecular weight is 485 g/mol. The van der Waals surface area contributed by atoms with Crippen LogP contribution < -0.4 is 14.2 Å². The van der Waals surface area contributed by atoms with Gasteiger partial charge in [0.25, 0.3) is 10.0 Å². The first-order chi connectivity index (χ1) is 14.1. The van der Waals surface area contributed by atoms with Crippen molar-refractivity contribution in [1.29, 1.82) is 0 Å². The Morgan fingerprint density at radius 2 is 2.03 bits per heavy atom. The standard InChI is InChI=1S/C20H18Cl2N2O4S2/c1-20(2)11-18(27-16-6-3-12(21)9-15(16)22)14-5-4-13(10-17(14)28-20)30(25,26)24-19-23-7-8-29-19/h3-10,18H,11H2,1-2H3,(H,23,24). The van der Waals surface area contributed by atoms with E-state index >= 15 is 0 Å². The first-order valence-corrected chi connectivity index (χ1v) is 12.1. The van der Waals surface area contributed by atoms with E-state index in [1.54, 1.807) is 29.6 Å². The second-order valence-electron chi connectivity index (χ2n) is 7.39. The van der Waals surface area contributed by atoms with Gasteiger partial charge in [-0.2, -0.15) is 0 Å². The molecule has 2 aromatic carbocycles. The molecule has 158 valence electrons. The van der Waals surface area contributed by atoms with Crippen molar-refractivity contribution >= 4 is 49.7 Å². The molecule has 1 unspecified atom stereocenters. The van der Waals surface area contributed by atoms with Gasteiger partial charge in [0.1, 0.15) is 23.2 Å². The van der Waals surface area contributed by atoms with Crippen LogP contribution in [0.15, 0.2) is 52.9 Å². The maximum atomic E-state index is 12.7. The predicted octanol–water partition coefficient (Wildman–Crippen LogP) is 5.93. The van der Waals surface area contributed by atoms with Crippen molar-refractivity contribution < 1.29 is 17.9 Å². The highest BCUT2D eigenvalue weighted by molar-refractivity contribution is 7.93. The zero-order valence-corrected chi connectivity index (χ0v) is 19.2. The van der Waals surface area contributed by atoms with Gasteiger partial charge < -0.3 is 9.47 Å². The molecule has 1 aliphatic heterocycles. The Morgan fingerprint density at radius 1 is 1.23 bits per heavy atom. The maximum absolute atomic E-state index is 12.7. The molecule has 30 heavy (non-hydrogen) atoms. The van der Waals surface area contributed by atoms with E-state index in [9.17, 15) is 8.42 Å². The number of nitrogens with zero attached hydrogens (tertiary/aromatic N) is 1. The van der Waals surface area contributed by atoms with Gasteiger partial charge in [-0.3, -0.25) is 4.72 Å². The van der Waals surface area contributed by atoms with Crippen LogP contribution in [0.5, 0.6) is 11.5 Å². The summed E-state index contributed by atoms with van der Waals surface area (Å²) in [6.45, 7) is 3.84. The maximum Gasteiger partial charge on any atom is 0.263 e. The highest BCUT2D eigenvalue weighted by Crippen LogP contribution is 2.44. The Morgan fingerprint density at radius 3 is 2.73 bits per heavy atom. The fourth-order valence-corrected chi connectivity index (χ4v) is 5.47. The van der Waals surface area contributed by atoms with Crippen LogP contribution in [0, 0.1) is 0 Å². The van der Waals surface area contributed by atoms with E-state index in [4.69, 9.17) is 32.7 Å². The molecule has 0 amide bonds. The molecular weight excluding hydrogens is 467 g/mol. The van der Waals surface area contributed by atoms with Gasteiger partial charge in [0, 0.05) is 34.7 Å². The van der Waals surface area contributed by atoms with Gasteiger partial charge in [-0.05, 0) is 38.1 Å². The number of anilines is 1. The second kappa shape index (κ2) is 7.92. The predicted molar refractivity (Wildman–Crippen MR) is 119 cm³/mol. The number of ether oxygens (including phenoxy) is 2. The number of halogens is 2. The summed E-state index contributed by atoms with van der Waals surface area (Å²) in [6.07, 6.45) is 1.72. The number of hydrogen-bond acceptors (Lipinski definition) is 6. The van der Waals surface area contributed by atoms with Crippen LogP contribution in [0.2, 0.25) is 10.0 Å². The van der Waals surface area contributed by atoms with Gasteiger partial charge in [0.05, 0.1) is 9.92 Å². The first kappa shape index (κ1) is 21.2. The first-order valence-electron chi connectivity index (χ1n) is 9.00. The topological polar surface area (TPSA) is 77.5 Å². The van der Waals surface area contributed by atoms with E-state index in [-0.39, 0.29) is 11.0 Å². The van der Waals surface area contributed by atoms with Crippen LogP contribution in [0.25, 0.3) is 0 Å². The normalized spacial score (nSPS) is 17.7. The molecule has 4 rings (SSSR count). The van der Waals surface area contributed by atoms with Gasteiger partial charge in [0.2, 0.25) is 0 Å². The largest absolute Gasteiger partial charge is 0.487 e. The van der Waals surface area contributed by atoms with E-state index in [1.165, 1.54) is 29.7 Å². The molecular formula is C20H18Cl2N2O4S2. The van der Waals surface area contributed by atoms with Gasteiger partial charge in [-0.25, -0.2) is 13.4 Å². The van der Waals surface area contributed by atoms with E-state index in [1.807, 2.05) is 13.8 Å². The molecule has 3 aromatic rings. The molecule has 1 atom stereocenters. The fourth-order valence-electron chi connectivity index (χ4n) is 3.21. The molecule has 10 heteroatoms. The van der Waals surface area contributed by atoms with Crippen LogP contribution in [0.4, 0.5) is 5.13 Å². The van der Waals surface area contributed by atoms with E-state index in [2.05, 4.69) is 9.71 Å². The van der Waals surface area contributed by atoms with Crippen molar-refractivity contribution in [2.24, 2.45) is 0 Å². The number of fused-ring (bicyclic) bond motifs is 1. The van der Waals surface area contributed by atoms with E-state index < -0.39 is 15.6 Å². The van der Waals surface area contributed by atoms with Crippen molar-refractivity contribution in [1.82, 2.24) is 4.98 Å². The molecule has 2 heterocycles. The summed E-state index contributed by atoms with van der Waals surface area (Å²) in [7, 11) is -3.80. The lowest BCUT2D eigenvalue weighted by Gasteiger charge is -2.37. The second-order valence-corrected chi connectivity index (χ2v) is 10.8. The Labute approximate surface area is 188 Å². The van der Waals surface area contributed by atoms with Crippen molar-refractivity contribution in [3.05, 3.63) is 63.6 Å². The van der Waals surface area contributed by atoms with Crippen molar-refractivity contribution in [3.8, 4) is 11.5 Å². The van der Waals surface area contributed by atoms with E-state index in [0.717, 1.165) is 5.56 Å². The lowest BCUT2D eigenvalue weighted by molar-refractivity contribution is 0.0217. The monoisotopic (exact) mass is 484 g/mol. The third kappa shape index (κ3) is 4.51. The summed E-state index contributed by atoms with van der Waals surface area (Å²) in [6, 6.07) is 9.76. The highest BCUT2D eigenvalue weighted by Gasteiger charge is 2.36. The van der Waals surface area contributed by atoms with Gasteiger partial charge in [0.15, 0.2) is 5.13 Å². The minimum Gasteiger partial charge on any atom is -0.487 e. The number of nitrogens with one attached hydrogen (secondary N) is 1. The summed E-state index contributed by atoms with van der Waals surface area (Å²) in [4.78, 5) is 4.05.